The summed E-state index contributed by atoms with van der Waals surface area (Å²) in [6, 6.07) is 0. The average molecular weight is 281 g/mol. The van der Waals surface area contributed by atoms with E-state index in [1.54, 1.807) is 0 Å². The van der Waals surface area contributed by atoms with Gasteiger partial charge < -0.3 is 9.47 Å². The smallest absolute Gasteiger partial charge is 0.320 e. The zero-order valence-corrected chi connectivity index (χ0v) is 10.7. The van der Waals surface area contributed by atoms with Crippen molar-refractivity contribution in [1.29, 1.82) is 0 Å². The van der Waals surface area contributed by atoms with Gasteiger partial charge in [-0.2, -0.15) is 0 Å². The van der Waals surface area contributed by atoms with Crippen LogP contribution >= 0.6 is 15.9 Å². The van der Waals surface area contributed by atoms with Crippen LogP contribution in [0.3, 0.4) is 0 Å². The van der Waals surface area contributed by atoms with Gasteiger partial charge in [0.1, 0.15) is 4.83 Å². The second-order valence-corrected chi connectivity index (χ2v) is 4.16. The van der Waals surface area contributed by atoms with E-state index in [9.17, 15) is 9.59 Å². The van der Waals surface area contributed by atoms with Crippen molar-refractivity contribution < 1.29 is 19.1 Å². The molecule has 0 fully saturated rings. The lowest BCUT2D eigenvalue weighted by Gasteiger charge is -2.09. The highest BCUT2D eigenvalue weighted by molar-refractivity contribution is 9.10. The molecule has 0 amide bonds. The zero-order chi connectivity index (χ0) is 11.7. The van der Waals surface area contributed by atoms with E-state index in [-0.39, 0.29) is 12.4 Å². The van der Waals surface area contributed by atoms with Crippen molar-refractivity contribution >= 4 is 27.9 Å². The van der Waals surface area contributed by atoms with Crippen LogP contribution in [0.25, 0.3) is 0 Å². The van der Waals surface area contributed by atoms with Crippen LogP contribution in [0.2, 0.25) is 0 Å². The maximum absolute atomic E-state index is 11.2. The standard InChI is InChI=1S/C10H17BrO4/c1-3-5-14-9(12)7-8(11)10(13)15-6-4-2/h8H,3-7H2,1-2H3/t8-/m1/s1. The van der Waals surface area contributed by atoms with Crippen molar-refractivity contribution in [2.24, 2.45) is 0 Å². The molecule has 0 aliphatic rings. The molecule has 0 aliphatic heterocycles. The van der Waals surface area contributed by atoms with E-state index in [1.165, 1.54) is 0 Å². The van der Waals surface area contributed by atoms with E-state index in [0.717, 1.165) is 12.8 Å². The number of carbonyl (C=O) groups excluding carboxylic acids is 2. The van der Waals surface area contributed by atoms with Gasteiger partial charge in [-0.3, -0.25) is 9.59 Å². The summed E-state index contributed by atoms with van der Waals surface area (Å²) in [4.78, 5) is 21.8. The minimum atomic E-state index is -0.603. The summed E-state index contributed by atoms with van der Waals surface area (Å²) in [5.74, 6) is -0.794. The molecule has 0 saturated carbocycles. The minimum absolute atomic E-state index is 0.0164. The largest absolute Gasteiger partial charge is 0.466 e. The normalized spacial score (nSPS) is 11.9. The van der Waals surface area contributed by atoms with E-state index in [0.29, 0.717) is 13.2 Å². The third-order valence-corrected chi connectivity index (χ3v) is 2.21. The number of carbonyl (C=O) groups is 2. The van der Waals surface area contributed by atoms with E-state index in [1.807, 2.05) is 13.8 Å². The lowest BCUT2D eigenvalue weighted by Crippen LogP contribution is -2.22. The van der Waals surface area contributed by atoms with Crippen LogP contribution in [0.15, 0.2) is 0 Å². The molecule has 0 rings (SSSR count). The highest BCUT2D eigenvalue weighted by Crippen LogP contribution is 2.09. The number of halogens is 1. The van der Waals surface area contributed by atoms with Crippen molar-refractivity contribution in [3.63, 3.8) is 0 Å². The molecule has 0 aliphatic carbocycles. The Kier molecular flexibility index (Phi) is 8.37. The average Bonchev–Trinajstić information content (AvgIpc) is 2.22. The lowest BCUT2D eigenvalue weighted by atomic mass is 10.3. The Morgan fingerprint density at radius 1 is 1.13 bits per heavy atom. The molecule has 88 valence electrons. The fourth-order valence-electron chi connectivity index (χ4n) is 0.798. The van der Waals surface area contributed by atoms with Crippen LogP contribution in [0.4, 0.5) is 0 Å². The zero-order valence-electron chi connectivity index (χ0n) is 9.12. The first kappa shape index (κ1) is 14.4. The van der Waals surface area contributed by atoms with Gasteiger partial charge in [0, 0.05) is 0 Å². The van der Waals surface area contributed by atoms with Crippen LogP contribution in [0, 0.1) is 0 Å². The molecule has 1 atom stereocenters. The van der Waals surface area contributed by atoms with E-state index in [2.05, 4.69) is 15.9 Å². The summed E-state index contributed by atoms with van der Waals surface area (Å²) in [5.41, 5.74) is 0. The summed E-state index contributed by atoms with van der Waals surface area (Å²) in [5, 5.41) is 0. The Hall–Kier alpha value is -0.580. The third kappa shape index (κ3) is 7.36. The Morgan fingerprint density at radius 2 is 1.67 bits per heavy atom. The van der Waals surface area contributed by atoms with Gasteiger partial charge in [-0.1, -0.05) is 29.8 Å². The van der Waals surface area contributed by atoms with Crippen molar-refractivity contribution in [2.45, 2.75) is 37.9 Å². The van der Waals surface area contributed by atoms with Crippen molar-refractivity contribution in [3.8, 4) is 0 Å². The van der Waals surface area contributed by atoms with E-state index >= 15 is 0 Å². The first-order valence-corrected chi connectivity index (χ1v) is 5.99. The first-order valence-electron chi connectivity index (χ1n) is 5.08. The summed E-state index contributed by atoms with van der Waals surface area (Å²) >= 11 is 3.09. The molecule has 0 bridgehead atoms. The molecule has 0 unspecified atom stereocenters. The van der Waals surface area contributed by atoms with Gasteiger partial charge in [0.15, 0.2) is 0 Å². The van der Waals surface area contributed by atoms with Gasteiger partial charge in [-0.15, -0.1) is 0 Å². The van der Waals surface area contributed by atoms with Crippen molar-refractivity contribution in [2.75, 3.05) is 13.2 Å². The van der Waals surface area contributed by atoms with E-state index in [4.69, 9.17) is 9.47 Å². The van der Waals surface area contributed by atoms with Gasteiger partial charge in [-0.25, -0.2) is 0 Å². The number of hydrogen-bond donors (Lipinski definition) is 0. The quantitative estimate of drug-likeness (QED) is 0.529. The number of esters is 2. The Bertz CT molecular complexity index is 206. The van der Waals surface area contributed by atoms with Gasteiger partial charge in [0.05, 0.1) is 19.6 Å². The van der Waals surface area contributed by atoms with Crippen LogP contribution in [-0.2, 0) is 19.1 Å². The molecule has 5 heteroatoms. The summed E-state index contributed by atoms with van der Waals surface area (Å²) in [6.07, 6.45) is 1.56. The predicted molar refractivity (Wildman–Crippen MR) is 59.8 cm³/mol. The highest BCUT2D eigenvalue weighted by Gasteiger charge is 2.20. The van der Waals surface area contributed by atoms with Crippen molar-refractivity contribution in [3.05, 3.63) is 0 Å². The second kappa shape index (κ2) is 8.71. The summed E-state index contributed by atoms with van der Waals surface area (Å²) in [7, 11) is 0. The lowest BCUT2D eigenvalue weighted by molar-refractivity contribution is -0.149. The molecule has 0 N–H and O–H groups in total. The SMILES string of the molecule is CCCOC(=O)C[C@@H](Br)C(=O)OCCC. The minimum Gasteiger partial charge on any atom is -0.466 e. The maximum Gasteiger partial charge on any atom is 0.320 e. The number of alkyl halides is 1. The Balaban J connectivity index is 3.75. The number of rotatable bonds is 7. The predicted octanol–water partition coefficient (Wildman–Crippen LogP) is 2.05. The molecule has 0 saturated heterocycles. The molecule has 0 spiro atoms. The topological polar surface area (TPSA) is 52.6 Å². The van der Waals surface area contributed by atoms with Gasteiger partial charge in [0.25, 0.3) is 0 Å². The van der Waals surface area contributed by atoms with Crippen LogP contribution in [-0.4, -0.2) is 30.0 Å². The van der Waals surface area contributed by atoms with Gasteiger partial charge in [0.2, 0.25) is 0 Å². The molecule has 0 aromatic rings. The molecular formula is C10H17BrO4. The van der Waals surface area contributed by atoms with Crippen LogP contribution in [0.1, 0.15) is 33.1 Å². The monoisotopic (exact) mass is 280 g/mol. The summed E-state index contributed by atoms with van der Waals surface area (Å²) < 4.78 is 9.70. The first-order chi connectivity index (χ1) is 7.11. The maximum atomic E-state index is 11.2. The number of ether oxygens (including phenoxy) is 2. The number of hydrogen-bond acceptors (Lipinski definition) is 4. The second-order valence-electron chi connectivity index (χ2n) is 3.06. The highest BCUT2D eigenvalue weighted by atomic mass is 79.9. The molecule has 0 aromatic carbocycles. The molecule has 0 radical (unpaired) electrons. The molecule has 4 nitrogen and oxygen atoms in total. The van der Waals surface area contributed by atoms with Gasteiger partial charge >= 0.3 is 11.9 Å². The molecule has 15 heavy (non-hydrogen) atoms. The van der Waals surface area contributed by atoms with Crippen LogP contribution < -0.4 is 0 Å². The van der Waals surface area contributed by atoms with Crippen LogP contribution in [0.5, 0.6) is 0 Å². The molecule has 0 aromatic heterocycles. The molecular weight excluding hydrogens is 264 g/mol. The van der Waals surface area contributed by atoms with Crippen molar-refractivity contribution in [1.82, 2.24) is 0 Å². The third-order valence-electron chi connectivity index (χ3n) is 1.52. The fraction of sp³-hybridized carbons (Fsp3) is 0.800. The summed E-state index contributed by atoms with van der Waals surface area (Å²) in [6.45, 7) is 4.59. The Morgan fingerprint density at radius 3 is 2.20 bits per heavy atom. The molecule has 0 heterocycles. The van der Waals surface area contributed by atoms with Gasteiger partial charge in [-0.05, 0) is 12.8 Å². The van der Waals surface area contributed by atoms with E-state index < -0.39 is 10.8 Å². The Labute approximate surface area is 98.4 Å². The fourth-order valence-corrected chi connectivity index (χ4v) is 1.19.